The predicted octanol–water partition coefficient (Wildman–Crippen LogP) is 0.0233. The summed E-state index contributed by atoms with van der Waals surface area (Å²) in [6.07, 6.45) is 1.90. The van der Waals surface area contributed by atoms with Crippen LogP contribution in [0.1, 0.15) is 18.4 Å². The number of hydrogen-bond donors (Lipinski definition) is 3. The molecular formula is C11H14BNO3. The molecule has 4 nitrogen and oxygen atoms in total. The second-order valence-corrected chi connectivity index (χ2v) is 4.27. The van der Waals surface area contributed by atoms with Crippen molar-refractivity contribution in [2.45, 2.75) is 19.8 Å². The largest absolute Gasteiger partial charge is 0.488 e. The maximum Gasteiger partial charge on any atom is 0.488 e. The number of nitrogens with one attached hydrogen (secondary N) is 1. The summed E-state index contributed by atoms with van der Waals surface area (Å²) >= 11 is 0. The van der Waals surface area contributed by atoms with E-state index in [0.29, 0.717) is 11.2 Å². The minimum Gasteiger partial charge on any atom is -0.423 e. The van der Waals surface area contributed by atoms with Gasteiger partial charge in [-0.05, 0) is 42.9 Å². The summed E-state index contributed by atoms with van der Waals surface area (Å²) in [4.78, 5) is 11.5. The molecule has 0 aromatic heterocycles. The average molecular weight is 219 g/mol. The van der Waals surface area contributed by atoms with Crippen LogP contribution in [0.5, 0.6) is 0 Å². The second-order valence-electron chi connectivity index (χ2n) is 4.27. The molecule has 0 aliphatic heterocycles. The number of benzene rings is 1. The number of carbonyl (C=O) groups excluding carboxylic acids is 1. The first kappa shape index (κ1) is 11.2. The van der Waals surface area contributed by atoms with E-state index in [4.69, 9.17) is 10.0 Å². The highest BCUT2D eigenvalue weighted by molar-refractivity contribution is 6.58. The van der Waals surface area contributed by atoms with Gasteiger partial charge in [0.05, 0.1) is 0 Å². The molecule has 1 amide bonds. The van der Waals surface area contributed by atoms with Crippen LogP contribution in [0.25, 0.3) is 0 Å². The SMILES string of the molecule is Cc1cc(NC(=O)C2CC2)cc(B(O)O)c1. The van der Waals surface area contributed by atoms with E-state index < -0.39 is 7.12 Å². The third-order valence-corrected chi connectivity index (χ3v) is 2.61. The number of amides is 1. The van der Waals surface area contributed by atoms with Gasteiger partial charge in [-0.15, -0.1) is 0 Å². The van der Waals surface area contributed by atoms with Gasteiger partial charge in [0.15, 0.2) is 0 Å². The van der Waals surface area contributed by atoms with E-state index in [0.717, 1.165) is 18.4 Å². The predicted molar refractivity (Wildman–Crippen MR) is 62.4 cm³/mol. The molecule has 1 saturated carbocycles. The number of hydrogen-bond acceptors (Lipinski definition) is 3. The van der Waals surface area contributed by atoms with E-state index in [1.807, 2.05) is 13.0 Å². The monoisotopic (exact) mass is 219 g/mol. The Morgan fingerprint density at radius 3 is 2.62 bits per heavy atom. The molecule has 2 rings (SSSR count). The van der Waals surface area contributed by atoms with Crippen molar-refractivity contribution in [2.75, 3.05) is 5.32 Å². The zero-order valence-electron chi connectivity index (χ0n) is 9.10. The summed E-state index contributed by atoms with van der Waals surface area (Å²) in [7, 11) is -1.50. The van der Waals surface area contributed by atoms with Gasteiger partial charge in [0.25, 0.3) is 0 Å². The van der Waals surface area contributed by atoms with Crippen molar-refractivity contribution in [3.8, 4) is 0 Å². The van der Waals surface area contributed by atoms with Crippen molar-refractivity contribution in [2.24, 2.45) is 5.92 Å². The molecule has 0 spiro atoms. The molecule has 1 fully saturated rings. The zero-order valence-corrected chi connectivity index (χ0v) is 9.10. The second kappa shape index (κ2) is 4.27. The first-order valence-electron chi connectivity index (χ1n) is 5.35. The summed E-state index contributed by atoms with van der Waals surface area (Å²) in [5.74, 6) is 0.159. The van der Waals surface area contributed by atoms with Gasteiger partial charge in [-0.2, -0.15) is 0 Å². The Morgan fingerprint density at radius 2 is 2.06 bits per heavy atom. The Hall–Kier alpha value is -1.33. The Bertz CT molecular complexity index is 416. The number of carbonyl (C=O) groups is 1. The van der Waals surface area contributed by atoms with Crippen LogP contribution in [-0.4, -0.2) is 23.1 Å². The number of anilines is 1. The van der Waals surface area contributed by atoms with Gasteiger partial charge < -0.3 is 15.4 Å². The third-order valence-electron chi connectivity index (χ3n) is 2.61. The van der Waals surface area contributed by atoms with E-state index in [9.17, 15) is 4.79 Å². The Labute approximate surface area is 94.4 Å². The summed E-state index contributed by atoms with van der Waals surface area (Å²) < 4.78 is 0. The Balaban J connectivity index is 2.16. The highest BCUT2D eigenvalue weighted by Gasteiger charge is 2.29. The molecule has 3 N–H and O–H groups in total. The zero-order chi connectivity index (χ0) is 11.7. The van der Waals surface area contributed by atoms with Crippen molar-refractivity contribution in [3.63, 3.8) is 0 Å². The van der Waals surface area contributed by atoms with Crippen LogP contribution >= 0.6 is 0 Å². The van der Waals surface area contributed by atoms with Crippen molar-refractivity contribution >= 4 is 24.2 Å². The van der Waals surface area contributed by atoms with E-state index in [1.165, 1.54) is 0 Å². The van der Waals surface area contributed by atoms with Gasteiger partial charge in [0.2, 0.25) is 5.91 Å². The van der Waals surface area contributed by atoms with Gasteiger partial charge in [-0.25, -0.2) is 0 Å². The van der Waals surface area contributed by atoms with E-state index in [2.05, 4.69) is 5.32 Å². The number of aryl methyl sites for hydroxylation is 1. The van der Waals surface area contributed by atoms with Crippen LogP contribution in [0.2, 0.25) is 0 Å². The highest BCUT2D eigenvalue weighted by Crippen LogP contribution is 2.30. The fourth-order valence-electron chi connectivity index (χ4n) is 1.62. The fourth-order valence-corrected chi connectivity index (χ4v) is 1.62. The smallest absolute Gasteiger partial charge is 0.423 e. The van der Waals surface area contributed by atoms with E-state index in [-0.39, 0.29) is 11.8 Å². The van der Waals surface area contributed by atoms with E-state index in [1.54, 1.807) is 12.1 Å². The minimum absolute atomic E-state index is 0.0176. The minimum atomic E-state index is -1.50. The standard InChI is InChI=1S/C11H14BNO3/c1-7-4-9(12(15)16)6-10(5-7)13-11(14)8-2-3-8/h4-6,8,15-16H,2-3H2,1H3,(H,13,14). The summed E-state index contributed by atoms with van der Waals surface area (Å²) in [5, 5.41) is 20.9. The molecular weight excluding hydrogens is 205 g/mol. The van der Waals surface area contributed by atoms with Crippen LogP contribution < -0.4 is 10.8 Å². The van der Waals surface area contributed by atoms with Crippen molar-refractivity contribution < 1.29 is 14.8 Å². The molecule has 0 saturated heterocycles. The van der Waals surface area contributed by atoms with Gasteiger partial charge in [0.1, 0.15) is 0 Å². The van der Waals surface area contributed by atoms with Gasteiger partial charge in [0, 0.05) is 11.6 Å². The van der Waals surface area contributed by atoms with Crippen LogP contribution in [0.15, 0.2) is 18.2 Å². The van der Waals surface area contributed by atoms with Crippen molar-refractivity contribution in [1.82, 2.24) is 0 Å². The molecule has 84 valence electrons. The first-order valence-corrected chi connectivity index (χ1v) is 5.35. The van der Waals surface area contributed by atoms with E-state index >= 15 is 0 Å². The van der Waals surface area contributed by atoms with Crippen LogP contribution in [0, 0.1) is 12.8 Å². The lowest BCUT2D eigenvalue weighted by atomic mass is 9.79. The normalized spacial score (nSPS) is 14.7. The Kier molecular flexibility index (Phi) is 2.98. The Morgan fingerprint density at radius 1 is 1.38 bits per heavy atom. The molecule has 0 radical (unpaired) electrons. The van der Waals surface area contributed by atoms with Gasteiger partial charge in [-0.3, -0.25) is 4.79 Å². The number of rotatable bonds is 3. The molecule has 0 bridgehead atoms. The summed E-state index contributed by atoms with van der Waals surface area (Å²) in [6.45, 7) is 1.85. The maximum atomic E-state index is 11.5. The van der Waals surface area contributed by atoms with Crippen molar-refractivity contribution in [1.29, 1.82) is 0 Å². The molecule has 1 aromatic rings. The molecule has 0 atom stereocenters. The maximum absolute atomic E-state index is 11.5. The lowest BCUT2D eigenvalue weighted by Crippen LogP contribution is -2.30. The topological polar surface area (TPSA) is 69.6 Å². The van der Waals surface area contributed by atoms with Gasteiger partial charge in [-0.1, -0.05) is 6.07 Å². The summed E-state index contributed by atoms with van der Waals surface area (Å²) in [5.41, 5.74) is 1.91. The molecule has 5 heteroatoms. The molecule has 1 aliphatic rings. The van der Waals surface area contributed by atoms with Crippen molar-refractivity contribution in [3.05, 3.63) is 23.8 Å². The first-order chi connectivity index (χ1) is 7.56. The van der Waals surface area contributed by atoms with Crippen LogP contribution in [-0.2, 0) is 4.79 Å². The highest BCUT2D eigenvalue weighted by atomic mass is 16.4. The molecule has 0 heterocycles. The van der Waals surface area contributed by atoms with Gasteiger partial charge >= 0.3 is 7.12 Å². The quantitative estimate of drug-likeness (QED) is 0.628. The lowest BCUT2D eigenvalue weighted by molar-refractivity contribution is -0.117. The van der Waals surface area contributed by atoms with Crippen LogP contribution in [0.3, 0.4) is 0 Å². The summed E-state index contributed by atoms with van der Waals surface area (Å²) in [6, 6.07) is 5.07. The molecule has 16 heavy (non-hydrogen) atoms. The lowest BCUT2D eigenvalue weighted by Gasteiger charge is -2.08. The third kappa shape index (κ3) is 2.62. The average Bonchev–Trinajstić information content (AvgIpc) is 2.99. The molecule has 1 aliphatic carbocycles. The fraction of sp³-hybridized carbons (Fsp3) is 0.364. The van der Waals surface area contributed by atoms with Crippen LogP contribution in [0.4, 0.5) is 5.69 Å². The molecule has 1 aromatic carbocycles. The molecule has 0 unspecified atom stereocenters.